The van der Waals surface area contributed by atoms with Gasteiger partial charge in [-0.15, -0.1) is 0 Å². The van der Waals surface area contributed by atoms with Crippen molar-refractivity contribution in [3.05, 3.63) is 64.5 Å². The van der Waals surface area contributed by atoms with Crippen molar-refractivity contribution in [1.82, 2.24) is 4.98 Å². The highest BCUT2D eigenvalue weighted by Crippen LogP contribution is 2.16. The molecule has 23 heavy (non-hydrogen) atoms. The summed E-state index contributed by atoms with van der Waals surface area (Å²) in [6.07, 6.45) is 3.08. The molecular formula is C18H17NO4. The van der Waals surface area contributed by atoms with Crippen LogP contribution in [0.5, 0.6) is 5.75 Å². The van der Waals surface area contributed by atoms with Gasteiger partial charge in [0, 0.05) is 11.3 Å². The fourth-order valence-electron chi connectivity index (χ4n) is 2.17. The molecule has 0 aliphatic heterocycles. The van der Waals surface area contributed by atoms with E-state index >= 15 is 0 Å². The van der Waals surface area contributed by atoms with Gasteiger partial charge in [-0.05, 0) is 43.7 Å². The first-order valence-electron chi connectivity index (χ1n) is 7.00. The molecule has 1 aromatic heterocycles. The maximum absolute atomic E-state index is 12.3. The predicted molar refractivity (Wildman–Crippen MR) is 87.0 cm³/mol. The van der Waals surface area contributed by atoms with Gasteiger partial charge >= 0.3 is 5.97 Å². The molecular weight excluding hydrogens is 294 g/mol. The third kappa shape index (κ3) is 3.83. The number of carboxylic acid groups (broad SMARTS) is 1. The van der Waals surface area contributed by atoms with E-state index in [1.54, 1.807) is 39.2 Å². The summed E-state index contributed by atoms with van der Waals surface area (Å²) in [6, 6.07) is 8.62. The Kier molecular flexibility index (Phi) is 4.91. The molecule has 0 spiro atoms. The van der Waals surface area contributed by atoms with Crippen molar-refractivity contribution in [3.8, 4) is 5.75 Å². The van der Waals surface area contributed by atoms with Gasteiger partial charge in [-0.1, -0.05) is 18.2 Å². The maximum Gasteiger partial charge on any atom is 0.337 e. The average Bonchev–Trinajstić information content (AvgIpc) is 2.52. The van der Waals surface area contributed by atoms with Crippen LogP contribution in [0.1, 0.15) is 37.7 Å². The van der Waals surface area contributed by atoms with E-state index in [0.717, 1.165) is 11.3 Å². The Morgan fingerprint density at radius 1 is 1.09 bits per heavy atom. The molecule has 118 valence electrons. The van der Waals surface area contributed by atoms with Crippen LogP contribution in [0.2, 0.25) is 0 Å². The van der Waals surface area contributed by atoms with Crippen molar-refractivity contribution < 1.29 is 19.4 Å². The molecule has 0 bridgehead atoms. The van der Waals surface area contributed by atoms with Gasteiger partial charge in [0.25, 0.3) is 0 Å². The largest absolute Gasteiger partial charge is 0.497 e. The lowest BCUT2D eigenvalue weighted by Gasteiger charge is -2.06. The number of benzene rings is 1. The van der Waals surface area contributed by atoms with Crippen LogP contribution in [0, 0.1) is 13.8 Å². The molecule has 0 aliphatic carbocycles. The average molecular weight is 311 g/mol. The van der Waals surface area contributed by atoms with Crippen molar-refractivity contribution in [3.63, 3.8) is 0 Å². The lowest BCUT2D eigenvalue weighted by Crippen LogP contribution is -2.08. The van der Waals surface area contributed by atoms with Crippen LogP contribution in [0.15, 0.2) is 36.4 Å². The summed E-state index contributed by atoms with van der Waals surface area (Å²) < 4.78 is 5.07. The fraction of sp³-hybridized carbons (Fsp3) is 0.167. The molecule has 0 radical (unpaired) electrons. The summed E-state index contributed by atoms with van der Waals surface area (Å²) in [5.74, 6) is -0.644. The Hall–Kier alpha value is -2.95. The van der Waals surface area contributed by atoms with Gasteiger partial charge in [0.2, 0.25) is 0 Å². The lowest BCUT2D eigenvalue weighted by molar-refractivity contribution is 0.0695. The number of carbonyl (C=O) groups is 2. The van der Waals surface area contributed by atoms with Crippen molar-refractivity contribution in [2.24, 2.45) is 0 Å². The van der Waals surface area contributed by atoms with Crippen LogP contribution in [0.3, 0.4) is 0 Å². The number of ketones is 1. The second-order valence-corrected chi connectivity index (χ2v) is 5.03. The Bertz CT molecular complexity index is 776. The highest BCUT2D eigenvalue weighted by molar-refractivity contribution is 6.08. The number of pyridine rings is 1. The summed E-state index contributed by atoms with van der Waals surface area (Å²) in [6.45, 7) is 3.30. The molecule has 1 N–H and O–H groups in total. The minimum Gasteiger partial charge on any atom is -0.497 e. The highest BCUT2D eigenvalue weighted by atomic mass is 16.5. The summed E-state index contributed by atoms with van der Waals surface area (Å²) in [4.78, 5) is 27.6. The van der Waals surface area contributed by atoms with Gasteiger partial charge in [0.1, 0.15) is 5.75 Å². The van der Waals surface area contributed by atoms with Gasteiger partial charge in [-0.3, -0.25) is 9.78 Å². The van der Waals surface area contributed by atoms with E-state index < -0.39 is 5.97 Å². The van der Waals surface area contributed by atoms with E-state index in [1.165, 1.54) is 12.1 Å². The van der Waals surface area contributed by atoms with Crippen LogP contribution in [-0.2, 0) is 0 Å². The van der Waals surface area contributed by atoms with Crippen LogP contribution in [0.25, 0.3) is 6.08 Å². The van der Waals surface area contributed by atoms with E-state index in [-0.39, 0.29) is 16.9 Å². The van der Waals surface area contributed by atoms with Crippen LogP contribution >= 0.6 is 0 Å². The van der Waals surface area contributed by atoms with Gasteiger partial charge < -0.3 is 9.84 Å². The zero-order valence-corrected chi connectivity index (χ0v) is 13.2. The number of hydrogen-bond donors (Lipinski definition) is 1. The van der Waals surface area contributed by atoms with E-state index in [0.29, 0.717) is 11.4 Å². The van der Waals surface area contributed by atoms with E-state index in [1.807, 2.05) is 12.1 Å². The molecule has 0 amide bonds. The summed E-state index contributed by atoms with van der Waals surface area (Å²) in [7, 11) is 1.58. The molecule has 0 atom stereocenters. The van der Waals surface area contributed by atoms with Gasteiger partial charge in [0.15, 0.2) is 5.78 Å². The second-order valence-electron chi connectivity index (χ2n) is 5.03. The topological polar surface area (TPSA) is 76.5 Å². The van der Waals surface area contributed by atoms with Crippen LogP contribution in [0.4, 0.5) is 0 Å². The first-order valence-corrected chi connectivity index (χ1v) is 7.00. The third-order valence-electron chi connectivity index (χ3n) is 3.44. The quantitative estimate of drug-likeness (QED) is 0.677. The van der Waals surface area contributed by atoms with E-state index in [4.69, 9.17) is 9.84 Å². The monoisotopic (exact) mass is 311 g/mol. The highest BCUT2D eigenvalue weighted by Gasteiger charge is 2.15. The number of carbonyl (C=O) groups excluding carboxylic acids is 1. The Labute approximate surface area is 134 Å². The predicted octanol–water partition coefficient (Wildman–Crippen LogP) is 3.30. The number of rotatable bonds is 5. The van der Waals surface area contributed by atoms with Gasteiger partial charge in [-0.25, -0.2) is 4.79 Å². The Morgan fingerprint density at radius 3 is 2.26 bits per heavy atom. The Balaban J connectivity index is 2.27. The van der Waals surface area contributed by atoms with E-state index in [9.17, 15) is 9.59 Å². The minimum atomic E-state index is -1.09. The SMILES string of the molecule is COc1ccc(/C=C/C(=O)c2cc(C(=O)O)c(C)nc2C)cc1. The smallest absolute Gasteiger partial charge is 0.337 e. The molecule has 1 heterocycles. The number of nitrogens with zero attached hydrogens (tertiary/aromatic N) is 1. The number of carboxylic acids is 1. The molecule has 2 aromatic rings. The van der Waals surface area contributed by atoms with E-state index in [2.05, 4.69) is 4.98 Å². The van der Waals surface area contributed by atoms with Crippen molar-refractivity contribution in [2.75, 3.05) is 7.11 Å². The first-order chi connectivity index (χ1) is 10.9. The van der Waals surface area contributed by atoms with Crippen molar-refractivity contribution in [2.45, 2.75) is 13.8 Å². The Morgan fingerprint density at radius 2 is 1.70 bits per heavy atom. The summed E-state index contributed by atoms with van der Waals surface area (Å²) >= 11 is 0. The second kappa shape index (κ2) is 6.87. The maximum atomic E-state index is 12.3. The lowest BCUT2D eigenvalue weighted by atomic mass is 10.0. The van der Waals surface area contributed by atoms with Gasteiger partial charge in [0.05, 0.1) is 18.4 Å². The van der Waals surface area contributed by atoms with Crippen LogP contribution in [-0.4, -0.2) is 29.0 Å². The van der Waals surface area contributed by atoms with Crippen molar-refractivity contribution >= 4 is 17.8 Å². The molecule has 5 heteroatoms. The number of methoxy groups -OCH3 is 1. The van der Waals surface area contributed by atoms with Crippen LogP contribution < -0.4 is 4.74 Å². The zero-order chi connectivity index (χ0) is 17.0. The molecule has 0 unspecified atom stereocenters. The summed E-state index contributed by atoms with van der Waals surface area (Å²) in [5.41, 5.74) is 2.08. The number of allylic oxidation sites excluding steroid dienone is 1. The zero-order valence-electron chi connectivity index (χ0n) is 13.2. The fourth-order valence-corrected chi connectivity index (χ4v) is 2.17. The number of ether oxygens (including phenoxy) is 1. The van der Waals surface area contributed by atoms with Gasteiger partial charge in [-0.2, -0.15) is 0 Å². The standard InChI is InChI=1S/C18H17NO4/c1-11-15(10-16(18(21)22)12(2)19-11)17(20)9-6-13-4-7-14(23-3)8-5-13/h4-10H,1-3H3,(H,21,22)/b9-6+. The number of hydrogen-bond acceptors (Lipinski definition) is 4. The third-order valence-corrected chi connectivity index (χ3v) is 3.44. The first kappa shape index (κ1) is 16.4. The minimum absolute atomic E-state index is 0.0387. The molecule has 5 nitrogen and oxygen atoms in total. The number of aromatic carboxylic acids is 1. The van der Waals surface area contributed by atoms with Crippen molar-refractivity contribution in [1.29, 1.82) is 0 Å². The molecule has 2 rings (SSSR count). The molecule has 1 aromatic carbocycles. The molecule has 0 fully saturated rings. The molecule has 0 aliphatic rings. The summed E-state index contributed by atoms with van der Waals surface area (Å²) in [5, 5.41) is 9.14. The normalized spacial score (nSPS) is 10.7. The number of aromatic nitrogens is 1. The molecule has 0 saturated heterocycles. The number of aryl methyl sites for hydroxylation is 2. The molecule has 0 saturated carbocycles.